The minimum Gasteiger partial charge on any atom is -0.396 e. The summed E-state index contributed by atoms with van der Waals surface area (Å²) >= 11 is 0. The van der Waals surface area contributed by atoms with Crippen molar-refractivity contribution >= 4 is 0 Å². The number of benzene rings is 1. The van der Waals surface area contributed by atoms with Crippen molar-refractivity contribution in [2.45, 2.75) is 18.8 Å². The number of aliphatic hydroxyl groups excluding tert-OH is 1. The molecule has 0 unspecified atom stereocenters. The van der Waals surface area contributed by atoms with Crippen molar-refractivity contribution in [1.82, 2.24) is 0 Å². The van der Waals surface area contributed by atoms with Gasteiger partial charge in [0.05, 0.1) is 11.1 Å². The molecule has 0 fully saturated rings. The quantitative estimate of drug-likeness (QED) is 0.807. The van der Waals surface area contributed by atoms with Crippen LogP contribution in [0.3, 0.4) is 0 Å². The zero-order chi connectivity index (χ0) is 13.3. The minimum atomic E-state index is -5.10. The lowest BCUT2D eigenvalue weighted by Crippen LogP contribution is -2.19. The summed E-state index contributed by atoms with van der Waals surface area (Å²) in [6, 6.07) is 2.20. The van der Waals surface area contributed by atoms with E-state index in [1.165, 1.54) is 0 Å². The van der Waals surface area contributed by atoms with E-state index in [4.69, 9.17) is 5.11 Å². The molecule has 0 radical (unpaired) electrons. The van der Waals surface area contributed by atoms with Crippen molar-refractivity contribution in [1.29, 1.82) is 0 Å². The summed E-state index contributed by atoms with van der Waals surface area (Å²) in [5.74, 6) is 0. The summed E-state index contributed by atoms with van der Waals surface area (Å²) in [5.41, 5.74) is -4.01. The van der Waals surface area contributed by atoms with Gasteiger partial charge in [-0.15, -0.1) is 0 Å². The van der Waals surface area contributed by atoms with Crippen molar-refractivity contribution in [3.63, 3.8) is 0 Å². The topological polar surface area (TPSA) is 20.2 Å². The molecule has 0 saturated heterocycles. The summed E-state index contributed by atoms with van der Waals surface area (Å²) < 4.78 is 75.1. The highest BCUT2D eigenvalue weighted by Crippen LogP contribution is 2.41. The summed E-state index contributed by atoms with van der Waals surface area (Å²) in [6.45, 7) is -0.648. The van der Waals surface area contributed by atoms with E-state index in [1.807, 2.05) is 0 Å². The molecule has 17 heavy (non-hydrogen) atoms. The Hall–Kier alpha value is -1.24. The van der Waals surface area contributed by atoms with Gasteiger partial charge in [0.15, 0.2) is 0 Å². The molecule has 0 aliphatic heterocycles. The van der Waals surface area contributed by atoms with Gasteiger partial charge in [0.2, 0.25) is 0 Å². The Morgan fingerprint density at radius 2 is 1.53 bits per heavy atom. The summed E-state index contributed by atoms with van der Waals surface area (Å²) in [6.07, 6.45) is -10.6. The van der Waals surface area contributed by atoms with Gasteiger partial charge < -0.3 is 5.11 Å². The van der Waals surface area contributed by atoms with Crippen LogP contribution >= 0.6 is 0 Å². The number of aliphatic hydroxyl groups is 1. The lowest BCUT2D eigenvalue weighted by Gasteiger charge is -2.18. The Labute approximate surface area is 92.7 Å². The van der Waals surface area contributed by atoms with Crippen molar-refractivity contribution < 1.29 is 31.4 Å². The summed E-state index contributed by atoms with van der Waals surface area (Å²) in [7, 11) is 0. The molecular formula is C10H8F6O. The van der Waals surface area contributed by atoms with E-state index in [9.17, 15) is 26.3 Å². The van der Waals surface area contributed by atoms with E-state index in [0.29, 0.717) is 6.07 Å². The highest BCUT2D eigenvalue weighted by atomic mass is 19.4. The molecule has 0 heterocycles. The van der Waals surface area contributed by atoms with Gasteiger partial charge in [0.1, 0.15) is 0 Å². The van der Waals surface area contributed by atoms with Crippen molar-refractivity contribution in [3.8, 4) is 0 Å². The fourth-order valence-electron chi connectivity index (χ4n) is 1.50. The maximum atomic E-state index is 12.6. The van der Waals surface area contributed by atoms with Gasteiger partial charge >= 0.3 is 12.4 Å². The van der Waals surface area contributed by atoms with Crippen LogP contribution in [0.2, 0.25) is 0 Å². The van der Waals surface area contributed by atoms with Crippen LogP contribution in [-0.4, -0.2) is 11.7 Å². The first kappa shape index (κ1) is 13.8. The average molecular weight is 258 g/mol. The van der Waals surface area contributed by atoms with Gasteiger partial charge in [-0.05, 0) is 18.1 Å². The Morgan fingerprint density at radius 1 is 0.941 bits per heavy atom. The van der Waals surface area contributed by atoms with Crippen molar-refractivity contribution in [2.75, 3.05) is 6.61 Å². The van der Waals surface area contributed by atoms with Gasteiger partial charge in [-0.1, -0.05) is 12.1 Å². The molecule has 1 rings (SSSR count). The third-order valence-corrected chi connectivity index (χ3v) is 2.12. The molecule has 7 heteroatoms. The van der Waals surface area contributed by atoms with Gasteiger partial charge in [-0.25, -0.2) is 0 Å². The molecule has 1 N–H and O–H groups in total. The number of alkyl halides is 6. The highest BCUT2D eigenvalue weighted by Gasteiger charge is 2.44. The van der Waals surface area contributed by atoms with Crippen LogP contribution in [0.1, 0.15) is 16.7 Å². The largest absolute Gasteiger partial charge is 0.417 e. The van der Waals surface area contributed by atoms with E-state index in [1.54, 1.807) is 0 Å². The lowest BCUT2D eigenvalue weighted by molar-refractivity contribution is -0.162. The Bertz CT molecular complexity index is 393. The molecule has 96 valence electrons. The van der Waals surface area contributed by atoms with E-state index in [2.05, 4.69) is 0 Å². The van der Waals surface area contributed by atoms with Crippen LogP contribution in [0.15, 0.2) is 18.2 Å². The first-order chi connectivity index (χ1) is 7.68. The SMILES string of the molecule is OCCc1cccc(C(F)(F)F)c1C(F)(F)F. The molecule has 0 amide bonds. The standard InChI is InChI=1S/C10H8F6O/c11-9(12,13)7-3-1-2-6(4-5-17)8(7)10(14,15)16/h1-3,17H,4-5H2. The fourth-order valence-corrected chi connectivity index (χ4v) is 1.50. The number of halogens is 6. The molecule has 0 aliphatic rings. The second-order valence-corrected chi connectivity index (χ2v) is 3.31. The maximum absolute atomic E-state index is 12.6. The molecule has 1 aromatic rings. The molecule has 0 aromatic heterocycles. The van der Waals surface area contributed by atoms with Crippen LogP contribution in [0.4, 0.5) is 26.3 Å². The molecule has 1 aromatic carbocycles. The van der Waals surface area contributed by atoms with Gasteiger partial charge in [-0.2, -0.15) is 26.3 Å². The maximum Gasteiger partial charge on any atom is 0.417 e. The Morgan fingerprint density at radius 3 is 1.94 bits per heavy atom. The molecule has 0 saturated carbocycles. The summed E-state index contributed by atoms with van der Waals surface area (Å²) in [4.78, 5) is 0. The molecule has 0 aliphatic carbocycles. The first-order valence-electron chi connectivity index (χ1n) is 4.55. The van der Waals surface area contributed by atoms with Gasteiger partial charge in [0, 0.05) is 6.61 Å². The first-order valence-corrected chi connectivity index (χ1v) is 4.55. The van der Waals surface area contributed by atoms with Gasteiger partial charge in [-0.3, -0.25) is 0 Å². The number of hydrogen-bond donors (Lipinski definition) is 1. The normalized spacial score (nSPS) is 12.9. The Balaban J connectivity index is 3.46. The van der Waals surface area contributed by atoms with Crippen LogP contribution in [0.25, 0.3) is 0 Å². The molecule has 1 nitrogen and oxygen atoms in total. The Kier molecular flexibility index (Phi) is 3.71. The van der Waals surface area contributed by atoms with Crippen LogP contribution < -0.4 is 0 Å². The zero-order valence-electron chi connectivity index (χ0n) is 8.36. The molecule has 0 bridgehead atoms. The van der Waals surface area contributed by atoms with E-state index < -0.39 is 42.1 Å². The second-order valence-electron chi connectivity index (χ2n) is 3.31. The third kappa shape index (κ3) is 3.12. The molecular weight excluding hydrogens is 250 g/mol. The van der Waals surface area contributed by atoms with Crippen molar-refractivity contribution in [2.24, 2.45) is 0 Å². The second kappa shape index (κ2) is 4.56. The predicted molar refractivity (Wildman–Crippen MR) is 47.2 cm³/mol. The van der Waals surface area contributed by atoms with E-state index in [-0.39, 0.29) is 0 Å². The van der Waals surface area contributed by atoms with Crippen LogP contribution in [0.5, 0.6) is 0 Å². The molecule has 0 atom stereocenters. The molecule has 0 spiro atoms. The number of rotatable bonds is 2. The third-order valence-electron chi connectivity index (χ3n) is 2.12. The van der Waals surface area contributed by atoms with E-state index in [0.717, 1.165) is 12.1 Å². The van der Waals surface area contributed by atoms with Crippen molar-refractivity contribution in [3.05, 3.63) is 34.9 Å². The highest BCUT2D eigenvalue weighted by molar-refractivity contribution is 5.39. The zero-order valence-corrected chi connectivity index (χ0v) is 8.36. The smallest absolute Gasteiger partial charge is 0.396 e. The van der Waals surface area contributed by atoms with Crippen LogP contribution in [0, 0.1) is 0 Å². The number of hydrogen-bond acceptors (Lipinski definition) is 1. The predicted octanol–water partition coefficient (Wildman–Crippen LogP) is 3.26. The van der Waals surface area contributed by atoms with Gasteiger partial charge in [0.25, 0.3) is 0 Å². The minimum absolute atomic E-state index is 0.379. The monoisotopic (exact) mass is 258 g/mol. The average Bonchev–Trinajstić information content (AvgIpc) is 2.14. The fraction of sp³-hybridized carbons (Fsp3) is 0.400. The van der Waals surface area contributed by atoms with E-state index >= 15 is 0 Å². The lowest BCUT2D eigenvalue weighted by atomic mass is 9.98. The summed E-state index contributed by atoms with van der Waals surface area (Å²) in [5, 5.41) is 8.55. The van der Waals surface area contributed by atoms with Crippen LogP contribution in [-0.2, 0) is 18.8 Å².